The number of aliphatic hydroxyl groups is 1. The molecule has 2 aliphatic heterocycles. The van der Waals surface area contributed by atoms with E-state index in [1.807, 2.05) is 13.8 Å². The van der Waals surface area contributed by atoms with Crippen LogP contribution in [0.15, 0.2) is 15.9 Å². The van der Waals surface area contributed by atoms with E-state index in [1.165, 1.54) is 10.9 Å². The Balaban J connectivity index is 1.81. The Morgan fingerprint density at radius 3 is 2.27 bits per heavy atom. The van der Waals surface area contributed by atoms with Crippen LogP contribution in [-0.4, -0.2) is 54.5 Å². The SMILES string of the molecule is CCCCCn1c(=O)c2c(ncn2[C@@H]2O[C@H](CO)[C@H]3OC(C)(C)O[C@H]32)n(CCCCC)c1=O. The maximum atomic E-state index is 13.5. The Bertz CT molecular complexity index is 1090. The molecule has 0 aromatic carbocycles. The molecule has 0 bridgehead atoms. The third-order valence-corrected chi connectivity index (χ3v) is 6.49. The number of hydrogen-bond donors (Lipinski definition) is 1. The number of fused-ring (bicyclic) bond motifs is 2. The summed E-state index contributed by atoms with van der Waals surface area (Å²) in [4.78, 5) is 31.3. The van der Waals surface area contributed by atoms with Crippen LogP contribution < -0.4 is 11.2 Å². The highest BCUT2D eigenvalue weighted by Crippen LogP contribution is 2.43. The van der Waals surface area contributed by atoms with Gasteiger partial charge in [-0.25, -0.2) is 9.78 Å². The molecule has 0 aliphatic carbocycles. The van der Waals surface area contributed by atoms with Crippen LogP contribution in [0, 0.1) is 0 Å². The summed E-state index contributed by atoms with van der Waals surface area (Å²) in [5, 5.41) is 9.84. The van der Waals surface area contributed by atoms with Gasteiger partial charge < -0.3 is 19.3 Å². The normalized spacial score (nSPS) is 26.3. The molecule has 0 amide bonds. The second kappa shape index (κ2) is 9.69. The molecule has 2 aliphatic rings. The first-order valence-corrected chi connectivity index (χ1v) is 12.1. The van der Waals surface area contributed by atoms with E-state index in [9.17, 15) is 14.7 Å². The highest BCUT2D eigenvalue weighted by atomic mass is 16.8. The van der Waals surface area contributed by atoms with E-state index in [4.69, 9.17) is 14.2 Å². The van der Waals surface area contributed by atoms with E-state index < -0.39 is 30.3 Å². The molecule has 0 spiro atoms. The summed E-state index contributed by atoms with van der Waals surface area (Å²) in [6, 6.07) is 0. The summed E-state index contributed by atoms with van der Waals surface area (Å²) >= 11 is 0. The molecule has 2 fully saturated rings. The Kier molecular flexibility index (Phi) is 7.09. The predicted molar refractivity (Wildman–Crippen MR) is 122 cm³/mol. The van der Waals surface area contributed by atoms with Gasteiger partial charge in [-0.3, -0.25) is 18.5 Å². The minimum Gasteiger partial charge on any atom is -0.394 e. The van der Waals surface area contributed by atoms with Crippen molar-refractivity contribution in [3.8, 4) is 0 Å². The molecule has 2 aromatic heterocycles. The molecule has 184 valence electrons. The maximum absolute atomic E-state index is 13.5. The molecule has 4 heterocycles. The van der Waals surface area contributed by atoms with Crippen molar-refractivity contribution in [2.24, 2.45) is 0 Å². The van der Waals surface area contributed by atoms with Crippen LogP contribution in [0.2, 0.25) is 0 Å². The summed E-state index contributed by atoms with van der Waals surface area (Å²) in [5.74, 6) is -0.830. The van der Waals surface area contributed by atoms with Crippen molar-refractivity contribution in [3.63, 3.8) is 0 Å². The molecule has 0 radical (unpaired) electrons. The van der Waals surface area contributed by atoms with Gasteiger partial charge in [0.15, 0.2) is 23.2 Å². The van der Waals surface area contributed by atoms with Crippen molar-refractivity contribution in [2.75, 3.05) is 6.61 Å². The third kappa shape index (κ3) is 4.41. The molecular weight excluding hydrogens is 428 g/mol. The lowest BCUT2D eigenvalue weighted by molar-refractivity contribution is -0.199. The Morgan fingerprint density at radius 1 is 1.00 bits per heavy atom. The van der Waals surface area contributed by atoms with Crippen LogP contribution in [0.3, 0.4) is 0 Å². The van der Waals surface area contributed by atoms with Crippen molar-refractivity contribution in [2.45, 2.75) is 110 Å². The van der Waals surface area contributed by atoms with Gasteiger partial charge in [-0.05, 0) is 26.7 Å². The summed E-state index contributed by atoms with van der Waals surface area (Å²) in [7, 11) is 0. The summed E-state index contributed by atoms with van der Waals surface area (Å²) < 4.78 is 22.7. The molecule has 4 rings (SSSR count). The average molecular weight is 465 g/mol. The van der Waals surface area contributed by atoms with Crippen LogP contribution in [0.1, 0.15) is 72.4 Å². The quantitative estimate of drug-likeness (QED) is 0.537. The number of imidazole rings is 1. The molecule has 2 aromatic rings. The fraction of sp³-hybridized carbons (Fsp3) is 0.783. The number of rotatable bonds is 10. The largest absolute Gasteiger partial charge is 0.394 e. The van der Waals surface area contributed by atoms with E-state index in [-0.39, 0.29) is 17.9 Å². The highest BCUT2D eigenvalue weighted by Gasteiger charge is 2.56. The number of aryl methyl sites for hydroxylation is 1. The van der Waals surface area contributed by atoms with Gasteiger partial charge in [-0.1, -0.05) is 39.5 Å². The monoisotopic (exact) mass is 464 g/mol. The Labute approximate surface area is 193 Å². The van der Waals surface area contributed by atoms with E-state index in [1.54, 1.807) is 9.13 Å². The molecule has 10 nitrogen and oxygen atoms in total. The van der Waals surface area contributed by atoms with Crippen LogP contribution in [0.5, 0.6) is 0 Å². The predicted octanol–water partition coefficient (Wildman–Crippen LogP) is 2.15. The van der Waals surface area contributed by atoms with E-state index >= 15 is 0 Å². The van der Waals surface area contributed by atoms with Gasteiger partial charge in [0.2, 0.25) is 0 Å². The number of ether oxygens (including phenoxy) is 3. The van der Waals surface area contributed by atoms with E-state index in [2.05, 4.69) is 18.8 Å². The van der Waals surface area contributed by atoms with Crippen LogP contribution >= 0.6 is 0 Å². The fourth-order valence-corrected chi connectivity index (χ4v) is 4.87. The third-order valence-electron chi connectivity index (χ3n) is 6.49. The molecule has 0 unspecified atom stereocenters. The fourth-order valence-electron chi connectivity index (χ4n) is 4.87. The Morgan fingerprint density at radius 2 is 1.64 bits per heavy atom. The first kappa shape index (κ1) is 24.1. The zero-order valence-corrected chi connectivity index (χ0v) is 20.0. The topological polar surface area (TPSA) is 110 Å². The minimum atomic E-state index is -0.830. The smallest absolute Gasteiger partial charge is 0.332 e. The lowest BCUT2D eigenvalue weighted by Gasteiger charge is -2.24. The van der Waals surface area contributed by atoms with Gasteiger partial charge in [0.05, 0.1) is 12.9 Å². The number of hydrogen-bond acceptors (Lipinski definition) is 7. The minimum absolute atomic E-state index is 0.229. The second-order valence-corrected chi connectivity index (χ2v) is 9.44. The van der Waals surface area contributed by atoms with Gasteiger partial charge in [-0.15, -0.1) is 0 Å². The molecule has 1 N–H and O–H groups in total. The van der Waals surface area contributed by atoms with Gasteiger partial charge in [0.25, 0.3) is 5.56 Å². The second-order valence-electron chi connectivity index (χ2n) is 9.44. The van der Waals surface area contributed by atoms with Crippen molar-refractivity contribution < 1.29 is 19.3 Å². The summed E-state index contributed by atoms with van der Waals surface area (Å²) in [6.07, 6.45) is 4.80. The van der Waals surface area contributed by atoms with E-state index in [0.717, 1.165) is 38.5 Å². The highest BCUT2D eigenvalue weighted by molar-refractivity contribution is 5.70. The van der Waals surface area contributed by atoms with Crippen molar-refractivity contribution in [3.05, 3.63) is 27.2 Å². The zero-order chi connectivity index (χ0) is 23.8. The Hall–Kier alpha value is -2.01. The van der Waals surface area contributed by atoms with Gasteiger partial charge in [-0.2, -0.15) is 0 Å². The van der Waals surface area contributed by atoms with Crippen LogP contribution in [-0.2, 0) is 27.3 Å². The summed E-state index contributed by atoms with van der Waals surface area (Å²) in [5.41, 5.74) is -0.0111. The van der Waals surface area contributed by atoms with Gasteiger partial charge in [0, 0.05) is 13.1 Å². The first-order valence-electron chi connectivity index (χ1n) is 12.1. The van der Waals surface area contributed by atoms with Crippen molar-refractivity contribution in [1.29, 1.82) is 0 Å². The molecule has 33 heavy (non-hydrogen) atoms. The van der Waals surface area contributed by atoms with E-state index in [0.29, 0.717) is 24.3 Å². The molecule has 4 atom stereocenters. The number of aliphatic hydroxyl groups excluding tert-OH is 1. The zero-order valence-electron chi connectivity index (χ0n) is 20.0. The standard InChI is InChI=1S/C23H36N4O6/c1-5-7-9-11-25-19-16(20(29)26(22(25)30)12-10-8-6-2)27(14-24-19)21-18-17(15(13-28)31-21)32-23(3,4)33-18/h14-15,17-18,21,28H,5-13H2,1-4H3/t15-,17-,18-,21-/m1/s1. The lowest BCUT2D eigenvalue weighted by Crippen LogP contribution is -2.41. The summed E-state index contributed by atoms with van der Waals surface area (Å²) in [6.45, 7) is 8.45. The van der Waals surface area contributed by atoms with Gasteiger partial charge in [0.1, 0.15) is 18.3 Å². The number of unbranched alkanes of at least 4 members (excludes halogenated alkanes) is 4. The first-order chi connectivity index (χ1) is 15.8. The van der Waals surface area contributed by atoms with Crippen molar-refractivity contribution >= 4 is 11.2 Å². The van der Waals surface area contributed by atoms with Gasteiger partial charge >= 0.3 is 5.69 Å². The molecule has 2 saturated heterocycles. The maximum Gasteiger partial charge on any atom is 0.332 e. The number of aromatic nitrogens is 4. The van der Waals surface area contributed by atoms with Crippen LogP contribution in [0.25, 0.3) is 11.2 Å². The molecular formula is C23H36N4O6. The van der Waals surface area contributed by atoms with Crippen molar-refractivity contribution in [1.82, 2.24) is 18.7 Å². The molecule has 0 saturated carbocycles. The average Bonchev–Trinajstić information content (AvgIpc) is 3.43. The molecule has 10 heteroatoms. The number of nitrogens with zero attached hydrogens (tertiary/aromatic N) is 4. The van der Waals surface area contributed by atoms with Crippen LogP contribution in [0.4, 0.5) is 0 Å². The lowest BCUT2D eigenvalue weighted by atomic mass is 10.1.